The normalized spacial score (nSPS) is 9.86. The largest absolute Gasteiger partial charge is 0.282 e. The molecule has 0 atom stereocenters. The highest BCUT2D eigenvalue weighted by molar-refractivity contribution is 6.30. The van der Waals surface area contributed by atoms with Crippen LogP contribution in [0.2, 0.25) is 5.02 Å². The van der Waals surface area contributed by atoms with Crippen LogP contribution in [-0.2, 0) is 0 Å². The zero-order valence-corrected chi connectivity index (χ0v) is 11.8. The minimum Gasteiger partial charge on any atom is -0.267 e. The van der Waals surface area contributed by atoms with Gasteiger partial charge in [-0.15, -0.1) is 0 Å². The van der Waals surface area contributed by atoms with Crippen LogP contribution in [0.4, 0.5) is 5.69 Å². The fraction of sp³-hybridized carbons (Fsp3) is 0. The van der Waals surface area contributed by atoms with Crippen molar-refractivity contribution in [3.63, 3.8) is 0 Å². The highest BCUT2D eigenvalue weighted by Gasteiger charge is 2.19. The molecule has 0 radical (unpaired) electrons. The Kier molecular flexibility index (Phi) is 4.70. The van der Waals surface area contributed by atoms with Crippen LogP contribution < -0.4 is 10.9 Å². The van der Waals surface area contributed by atoms with E-state index in [2.05, 4.69) is 10.9 Å². The van der Waals surface area contributed by atoms with Crippen LogP contribution >= 0.6 is 11.6 Å². The Morgan fingerprint density at radius 2 is 1.55 bits per heavy atom. The molecule has 2 N–H and O–H groups in total. The molecule has 22 heavy (non-hydrogen) atoms. The zero-order valence-electron chi connectivity index (χ0n) is 11.1. The summed E-state index contributed by atoms with van der Waals surface area (Å²) in [7, 11) is 0. The number of hydrazine groups is 1. The van der Waals surface area contributed by atoms with Gasteiger partial charge in [-0.2, -0.15) is 0 Å². The number of carbonyl (C=O) groups excluding carboxylic acids is 2. The summed E-state index contributed by atoms with van der Waals surface area (Å²) in [6, 6.07) is 11.5. The van der Waals surface area contributed by atoms with Gasteiger partial charge in [0.2, 0.25) is 0 Å². The molecular weight excluding hydrogens is 310 g/mol. The minimum atomic E-state index is -0.783. The van der Waals surface area contributed by atoms with Crippen LogP contribution in [0.15, 0.2) is 48.5 Å². The van der Waals surface area contributed by atoms with Gasteiger partial charge in [-0.3, -0.25) is 30.6 Å². The monoisotopic (exact) mass is 319 g/mol. The molecule has 0 aliphatic carbocycles. The summed E-state index contributed by atoms with van der Waals surface area (Å²) < 4.78 is 0. The van der Waals surface area contributed by atoms with Crippen LogP contribution in [0.5, 0.6) is 0 Å². The van der Waals surface area contributed by atoms with E-state index in [0.29, 0.717) is 5.02 Å². The summed E-state index contributed by atoms with van der Waals surface area (Å²) in [5.74, 6) is -1.35. The van der Waals surface area contributed by atoms with Gasteiger partial charge in [-0.05, 0) is 30.3 Å². The van der Waals surface area contributed by atoms with Crippen molar-refractivity contribution in [1.82, 2.24) is 10.9 Å². The maximum Gasteiger partial charge on any atom is 0.282 e. The van der Waals surface area contributed by atoms with Crippen molar-refractivity contribution >= 4 is 29.1 Å². The quantitative estimate of drug-likeness (QED) is 0.669. The van der Waals surface area contributed by atoms with E-state index in [1.54, 1.807) is 0 Å². The Balaban J connectivity index is 2.06. The van der Waals surface area contributed by atoms with Crippen LogP contribution in [0.3, 0.4) is 0 Å². The second kappa shape index (κ2) is 6.68. The average molecular weight is 320 g/mol. The predicted octanol–water partition coefficient (Wildman–Crippen LogP) is 2.32. The van der Waals surface area contributed by atoms with Gasteiger partial charge < -0.3 is 0 Å². The predicted molar refractivity (Wildman–Crippen MR) is 79.5 cm³/mol. The van der Waals surface area contributed by atoms with E-state index in [-0.39, 0.29) is 16.8 Å². The van der Waals surface area contributed by atoms with Gasteiger partial charge >= 0.3 is 0 Å². The van der Waals surface area contributed by atoms with Crippen molar-refractivity contribution in [3.05, 3.63) is 74.8 Å². The first-order valence-corrected chi connectivity index (χ1v) is 6.46. The second-order valence-corrected chi connectivity index (χ2v) is 4.63. The molecule has 2 aromatic carbocycles. The van der Waals surface area contributed by atoms with E-state index in [9.17, 15) is 19.7 Å². The van der Waals surface area contributed by atoms with E-state index in [0.717, 1.165) is 0 Å². The van der Waals surface area contributed by atoms with Crippen molar-refractivity contribution in [2.24, 2.45) is 0 Å². The number of nitrogens with zero attached hydrogens (tertiary/aromatic N) is 1. The first-order valence-electron chi connectivity index (χ1n) is 6.08. The van der Waals surface area contributed by atoms with E-state index < -0.39 is 16.7 Å². The zero-order chi connectivity index (χ0) is 16.1. The number of halogens is 1. The lowest BCUT2D eigenvalue weighted by Gasteiger charge is -2.07. The molecule has 0 heterocycles. The molecule has 0 aromatic heterocycles. The summed E-state index contributed by atoms with van der Waals surface area (Å²) >= 11 is 5.71. The lowest BCUT2D eigenvalue weighted by Crippen LogP contribution is -2.41. The molecule has 2 rings (SSSR count). The number of hydrogen-bond donors (Lipinski definition) is 2. The number of para-hydroxylation sites is 1. The molecule has 0 unspecified atom stereocenters. The smallest absolute Gasteiger partial charge is 0.267 e. The fourth-order valence-electron chi connectivity index (χ4n) is 1.68. The summed E-state index contributed by atoms with van der Waals surface area (Å²) in [6.45, 7) is 0. The van der Waals surface area contributed by atoms with Crippen LogP contribution in [-0.4, -0.2) is 16.7 Å². The number of nitrogens with one attached hydrogen (secondary N) is 2. The van der Waals surface area contributed by atoms with Gasteiger partial charge in [0.1, 0.15) is 5.56 Å². The molecule has 7 nitrogen and oxygen atoms in total. The first kappa shape index (κ1) is 15.5. The number of carbonyl (C=O) groups is 2. The van der Waals surface area contributed by atoms with Crippen molar-refractivity contribution in [3.8, 4) is 0 Å². The van der Waals surface area contributed by atoms with E-state index in [1.807, 2.05) is 0 Å². The van der Waals surface area contributed by atoms with Gasteiger partial charge in [-0.25, -0.2) is 0 Å². The summed E-state index contributed by atoms with van der Waals surface area (Å²) in [5.41, 5.74) is 4.10. The molecular formula is C14H10ClN3O4. The number of nitro groups is 1. The van der Waals surface area contributed by atoms with Crippen molar-refractivity contribution < 1.29 is 14.5 Å². The van der Waals surface area contributed by atoms with E-state index in [1.165, 1.54) is 48.5 Å². The number of hydrogen-bond acceptors (Lipinski definition) is 4. The van der Waals surface area contributed by atoms with Gasteiger partial charge in [0.25, 0.3) is 17.5 Å². The first-order chi connectivity index (χ1) is 10.5. The standard InChI is InChI=1S/C14H10ClN3O4/c15-10-7-5-9(6-8-10)13(19)16-17-14(20)11-3-1-2-4-12(11)18(21)22/h1-8H,(H,16,19)(H,17,20). The topological polar surface area (TPSA) is 101 Å². The van der Waals surface area contributed by atoms with Crippen LogP contribution in [0.25, 0.3) is 0 Å². The Morgan fingerprint density at radius 3 is 2.18 bits per heavy atom. The lowest BCUT2D eigenvalue weighted by atomic mass is 10.2. The highest BCUT2D eigenvalue weighted by Crippen LogP contribution is 2.17. The van der Waals surface area contributed by atoms with Gasteiger partial charge in [-0.1, -0.05) is 23.7 Å². The third kappa shape index (κ3) is 3.58. The SMILES string of the molecule is O=C(NNC(=O)c1ccccc1[N+](=O)[O-])c1ccc(Cl)cc1. The Morgan fingerprint density at radius 1 is 0.955 bits per heavy atom. The molecule has 0 aliphatic rings. The van der Waals surface area contributed by atoms with Crippen LogP contribution in [0.1, 0.15) is 20.7 Å². The molecule has 8 heteroatoms. The van der Waals surface area contributed by atoms with E-state index in [4.69, 9.17) is 11.6 Å². The average Bonchev–Trinajstić information content (AvgIpc) is 2.53. The molecule has 2 amide bonds. The van der Waals surface area contributed by atoms with Gasteiger partial charge in [0.15, 0.2) is 0 Å². The Hall–Kier alpha value is -2.93. The molecule has 0 fully saturated rings. The van der Waals surface area contributed by atoms with Gasteiger partial charge in [0, 0.05) is 16.7 Å². The van der Waals surface area contributed by atoms with Crippen molar-refractivity contribution in [2.45, 2.75) is 0 Å². The lowest BCUT2D eigenvalue weighted by molar-refractivity contribution is -0.385. The summed E-state index contributed by atoms with van der Waals surface area (Å²) in [4.78, 5) is 33.9. The molecule has 2 aromatic rings. The Labute approximate surface area is 130 Å². The molecule has 0 saturated carbocycles. The van der Waals surface area contributed by atoms with Gasteiger partial charge in [0.05, 0.1) is 4.92 Å². The second-order valence-electron chi connectivity index (χ2n) is 4.19. The molecule has 0 aliphatic heterocycles. The summed E-state index contributed by atoms with van der Waals surface area (Å²) in [6.07, 6.45) is 0. The third-order valence-electron chi connectivity index (χ3n) is 2.74. The Bertz CT molecular complexity index is 731. The molecule has 0 saturated heterocycles. The van der Waals surface area contributed by atoms with E-state index >= 15 is 0 Å². The molecule has 0 spiro atoms. The number of benzene rings is 2. The number of nitro benzene ring substituents is 1. The molecule has 112 valence electrons. The fourth-order valence-corrected chi connectivity index (χ4v) is 1.81. The van der Waals surface area contributed by atoms with Crippen molar-refractivity contribution in [1.29, 1.82) is 0 Å². The minimum absolute atomic E-state index is 0.149. The maximum atomic E-state index is 11.9. The number of amides is 2. The van der Waals surface area contributed by atoms with Crippen LogP contribution in [0, 0.1) is 10.1 Å². The maximum absolute atomic E-state index is 11.9. The van der Waals surface area contributed by atoms with Crippen molar-refractivity contribution in [2.75, 3.05) is 0 Å². The number of rotatable bonds is 3. The molecule has 0 bridgehead atoms. The third-order valence-corrected chi connectivity index (χ3v) is 2.99. The summed E-state index contributed by atoms with van der Waals surface area (Å²) in [5, 5.41) is 11.3. The highest BCUT2D eigenvalue weighted by atomic mass is 35.5.